The Kier molecular flexibility index (Phi) is 6.54. The zero-order valence-electron chi connectivity index (χ0n) is 24.2. The predicted molar refractivity (Wildman–Crippen MR) is 167 cm³/mol. The first kappa shape index (κ1) is 27.7. The second-order valence-electron chi connectivity index (χ2n) is 12.4. The molecule has 10 heteroatoms. The highest BCUT2D eigenvalue weighted by molar-refractivity contribution is 6.37. The molecule has 7 nitrogen and oxygen atoms in total. The SMILES string of the molecule is C=CC(=O)N1CC[C@H]2[C@H]1CN2c1nc(OCC23CCCN2CCC3)nc2c(F)c(-c3cccc4ccc(F)c(Cl)c34)ccc12. The summed E-state index contributed by atoms with van der Waals surface area (Å²) in [4.78, 5) is 28.5. The highest BCUT2D eigenvalue weighted by atomic mass is 35.5. The quantitative estimate of drug-likeness (QED) is 0.235. The van der Waals surface area contributed by atoms with E-state index in [0.29, 0.717) is 47.2 Å². The average molecular weight is 616 g/mol. The van der Waals surface area contributed by atoms with Crippen LogP contribution in [0.4, 0.5) is 14.6 Å². The van der Waals surface area contributed by atoms with Gasteiger partial charge in [0, 0.05) is 29.4 Å². The van der Waals surface area contributed by atoms with Gasteiger partial charge in [0.2, 0.25) is 5.91 Å². The number of nitrogens with zero attached hydrogens (tertiary/aromatic N) is 5. The van der Waals surface area contributed by atoms with E-state index in [9.17, 15) is 9.18 Å². The van der Waals surface area contributed by atoms with Crippen LogP contribution in [0.1, 0.15) is 32.1 Å². The molecule has 4 fully saturated rings. The van der Waals surface area contributed by atoms with Gasteiger partial charge < -0.3 is 14.5 Å². The van der Waals surface area contributed by atoms with E-state index in [1.54, 1.807) is 24.3 Å². The zero-order chi connectivity index (χ0) is 30.2. The van der Waals surface area contributed by atoms with Crippen LogP contribution in [0, 0.1) is 11.6 Å². The lowest BCUT2D eigenvalue weighted by molar-refractivity contribution is -0.127. The molecule has 8 rings (SSSR count). The lowest BCUT2D eigenvalue weighted by atomic mass is 9.94. The van der Waals surface area contributed by atoms with E-state index in [1.807, 2.05) is 17.0 Å². The minimum atomic E-state index is -0.562. The van der Waals surface area contributed by atoms with Gasteiger partial charge in [0.25, 0.3) is 0 Å². The van der Waals surface area contributed by atoms with Crippen LogP contribution in [0.3, 0.4) is 0 Å². The highest BCUT2D eigenvalue weighted by Crippen LogP contribution is 2.43. The molecule has 4 aliphatic rings. The minimum absolute atomic E-state index is 0.0263. The Labute approximate surface area is 259 Å². The molecule has 226 valence electrons. The Morgan fingerprint density at radius 1 is 1.05 bits per heavy atom. The number of carbonyl (C=O) groups excluding carboxylic acids is 1. The number of amides is 1. The number of fused-ring (bicyclic) bond motifs is 4. The first-order valence-corrected chi connectivity index (χ1v) is 15.7. The number of hydrogen-bond donors (Lipinski definition) is 0. The van der Waals surface area contributed by atoms with Gasteiger partial charge in [-0.2, -0.15) is 9.97 Å². The summed E-state index contributed by atoms with van der Waals surface area (Å²) in [5, 5.41) is 1.67. The Morgan fingerprint density at radius 3 is 2.66 bits per heavy atom. The zero-order valence-corrected chi connectivity index (χ0v) is 25.0. The van der Waals surface area contributed by atoms with Crippen molar-refractivity contribution in [1.29, 1.82) is 0 Å². The fourth-order valence-corrected chi connectivity index (χ4v) is 8.34. The van der Waals surface area contributed by atoms with Gasteiger partial charge in [-0.15, -0.1) is 0 Å². The van der Waals surface area contributed by atoms with E-state index in [2.05, 4.69) is 21.4 Å². The molecule has 4 aromatic rings. The van der Waals surface area contributed by atoms with Crippen LogP contribution in [0.5, 0.6) is 6.01 Å². The number of ether oxygens (including phenoxy) is 1. The number of benzene rings is 3. The van der Waals surface area contributed by atoms with E-state index >= 15 is 4.39 Å². The molecule has 0 aliphatic carbocycles. The Hall–Kier alpha value is -3.82. The van der Waals surface area contributed by atoms with Crippen molar-refractivity contribution in [2.24, 2.45) is 0 Å². The molecule has 4 aliphatic heterocycles. The standard InChI is InChI=1S/C34H32ClF2N5O2/c1-2-27(43)41-17-12-25-26(41)18-42(25)32-23-10-9-22(21-7-3-6-20-8-11-24(36)29(35)28(20)21)30(37)31(23)38-33(39-32)44-19-34-13-4-15-40(34)16-5-14-34/h2-3,6-11,25-26H,1,4-5,12-19H2/t25-,26+/m0/s1. The van der Waals surface area contributed by atoms with Crippen LogP contribution in [0.2, 0.25) is 5.02 Å². The molecule has 1 aromatic heterocycles. The first-order valence-electron chi connectivity index (χ1n) is 15.3. The molecule has 5 heterocycles. The van der Waals surface area contributed by atoms with Gasteiger partial charge in [-0.25, -0.2) is 8.78 Å². The molecular formula is C34H32ClF2N5O2. The summed E-state index contributed by atoms with van der Waals surface area (Å²) in [6, 6.07) is 12.1. The largest absolute Gasteiger partial charge is 0.461 e. The number of halogens is 3. The topological polar surface area (TPSA) is 61.8 Å². The maximum atomic E-state index is 16.7. The molecule has 1 amide bonds. The maximum Gasteiger partial charge on any atom is 0.319 e. The number of anilines is 1. The van der Waals surface area contributed by atoms with E-state index in [1.165, 1.54) is 12.1 Å². The number of rotatable bonds is 6. The highest BCUT2D eigenvalue weighted by Gasteiger charge is 2.49. The third-order valence-corrected chi connectivity index (χ3v) is 10.7. The molecule has 2 atom stereocenters. The van der Waals surface area contributed by atoms with Crippen molar-refractivity contribution in [3.63, 3.8) is 0 Å². The fraction of sp³-hybridized carbons (Fsp3) is 0.382. The average Bonchev–Trinajstić information content (AvgIpc) is 3.70. The van der Waals surface area contributed by atoms with Crippen molar-refractivity contribution in [1.82, 2.24) is 19.8 Å². The summed E-state index contributed by atoms with van der Waals surface area (Å²) >= 11 is 6.43. The van der Waals surface area contributed by atoms with E-state index in [4.69, 9.17) is 21.3 Å². The van der Waals surface area contributed by atoms with Crippen molar-refractivity contribution in [3.8, 4) is 17.1 Å². The van der Waals surface area contributed by atoms with Crippen molar-refractivity contribution < 1.29 is 18.3 Å². The van der Waals surface area contributed by atoms with Gasteiger partial charge in [0.05, 0.1) is 22.6 Å². The van der Waals surface area contributed by atoms with Gasteiger partial charge >= 0.3 is 6.01 Å². The van der Waals surface area contributed by atoms with Crippen LogP contribution in [0.15, 0.2) is 55.1 Å². The Balaban J connectivity index is 1.23. The van der Waals surface area contributed by atoms with Crippen molar-refractivity contribution >= 4 is 45.0 Å². The first-order chi connectivity index (χ1) is 21.4. The van der Waals surface area contributed by atoms with Crippen molar-refractivity contribution in [2.45, 2.75) is 49.7 Å². The molecule has 0 spiro atoms. The monoisotopic (exact) mass is 615 g/mol. The van der Waals surface area contributed by atoms with Crippen LogP contribution >= 0.6 is 11.6 Å². The third kappa shape index (κ3) is 4.12. The fourth-order valence-electron chi connectivity index (χ4n) is 8.07. The van der Waals surface area contributed by atoms with E-state index < -0.39 is 11.6 Å². The number of aromatic nitrogens is 2. The Morgan fingerprint density at radius 2 is 1.86 bits per heavy atom. The summed E-state index contributed by atoms with van der Waals surface area (Å²) in [6.07, 6.45) is 6.53. The lowest BCUT2D eigenvalue weighted by Gasteiger charge is -2.47. The third-order valence-electron chi connectivity index (χ3n) is 10.3. The summed E-state index contributed by atoms with van der Waals surface area (Å²) in [5.74, 6) is -0.587. The van der Waals surface area contributed by atoms with Crippen LogP contribution in [0.25, 0.3) is 32.8 Å². The molecule has 4 saturated heterocycles. The summed E-state index contributed by atoms with van der Waals surface area (Å²) in [5.41, 5.74) is 0.868. The predicted octanol–water partition coefficient (Wildman–Crippen LogP) is 6.36. The minimum Gasteiger partial charge on any atom is -0.461 e. The van der Waals surface area contributed by atoms with Crippen LogP contribution in [-0.4, -0.2) is 76.1 Å². The molecule has 0 N–H and O–H groups in total. The number of hydrogen-bond acceptors (Lipinski definition) is 6. The van der Waals surface area contributed by atoms with Crippen LogP contribution in [-0.2, 0) is 4.79 Å². The molecule has 0 saturated carbocycles. The van der Waals surface area contributed by atoms with Gasteiger partial charge in [0.1, 0.15) is 23.8 Å². The van der Waals surface area contributed by atoms with Crippen molar-refractivity contribution in [2.75, 3.05) is 37.7 Å². The van der Waals surface area contributed by atoms with E-state index in [0.717, 1.165) is 45.2 Å². The summed E-state index contributed by atoms with van der Waals surface area (Å²) < 4.78 is 37.6. The van der Waals surface area contributed by atoms with Gasteiger partial charge in [-0.1, -0.05) is 48.5 Å². The van der Waals surface area contributed by atoms with Crippen LogP contribution < -0.4 is 9.64 Å². The van der Waals surface area contributed by atoms with Gasteiger partial charge in [0.15, 0.2) is 5.82 Å². The maximum absolute atomic E-state index is 16.7. The van der Waals surface area contributed by atoms with Gasteiger partial charge in [-0.05, 0) is 74.4 Å². The smallest absolute Gasteiger partial charge is 0.319 e. The number of likely N-dealkylation sites (tertiary alicyclic amines) is 1. The lowest BCUT2D eigenvalue weighted by Crippen LogP contribution is -2.63. The second kappa shape index (κ2) is 10.4. The molecule has 0 unspecified atom stereocenters. The summed E-state index contributed by atoms with van der Waals surface area (Å²) in [6.45, 7) is 7.45. The normalized spacial score (nSPS) is 22.3. The van der Waals surface area contributed by atoms with Crippen molar-refractivity contribution in [3.05, 3.63) is 71.8 Å². The molecule has 0 radical (unpaired) electrons. The Bertz CT molecular complexity index is 1840. The molecular weight excluding hydrogens is 584 g/mol. The molecule has 3 aromatic carbocycles. The number of carbonyl (C=O) groups is 1. The summed E-state index contributed by atoms with van der Waals surface area (Å²) in [7, 11) is 0. The molecule has 44 heavy (non-hydrogen) atoms. The second-order valence-corrected chi connectivity index (χ2v) is 12.8. The van der Waals surface area contributed by atoms with Gasteiger partial charge in [-0.3, -0.25) is 9.69 Å². The van der Waals surface area contributed by atoms with E-state index in [-0.39, 0.29) is 45.6 Å². The molecule has 0 bridgehead atoms.